The Labute approximate surface area is 166 Å². The highest BCUT2D eigenvalue weighted by Crippen LogP contribution is 2.39. The van der Waals surface area contributed by atoms with Gasteiger partial charge >= 0.3 is 0 Å². The number of amides is 2. The second-order valence-electron chi connectivity index (χ2n) is 6.18. The van der Waals surface area contributed by atoms with Crippen molar-refractivity contribution in [2.45, 2.75) is 11.3 Å². The molecule has 1 aliphatic rings. The molecule has 27 heavy (non-hydrogen) atoms. The lowest BCUT2D eigenvalue weighted by Crippen LogP contribution is -2.34. The van der Waals surface area contributed by atoms with Crippen LogP contribution in [-0.4, -0.2) is 24.1 Å². The first-order chi connectivity index (χ1) is 13.2. The zero-order valence-corrected chi connectivity index (χ0v) is 16.2. The molecule has 4 nitrogen and oxygen atoms in total. The predicted octanol–water partition coefficient (Wildman–Crippen LogP) is 4.68. The van der Waals surface area contributed by atoms with Gasteiger partial charge in [-0.3, -0.25) is 14.5 Å². The van der Waals surface area contributed by atoms with Gasteiger partial charge in [0.1, 0.15) is 5.00 Å². The van der Waals surface area contributed by atoms with E-state index in [4.69, 9.17) is 0 Å². The monoisotopic (exact) mass is 394 g/mol. The summed E-state index contributed by atoms with van der Waals surface area (Å²) in [4.78, 5) is 28.1. The van der Waals surface area contributed by atoms with Crippen LogP contribution in [0, 0.1) is 0 Å². The number of carbonyl (C=O) groups is 2. The molecule has 1 aromatic heterocycles. The largest absolute Gasteiger partial charge is 0.326 e. The molecule has 3 aromatic rings. The van der Waals surface area contributed by atoms with Gasteiger partial charge < -0.3 is 5.32 Å². The van der Waals surface area contributed by atoms with Crippen LogP contribution in [0.2, 0.25) is 0 Å². The summed E-state index contributed by atoms with van der Waals surface area (Å²) in [7, 11) is 0. The van der Waals surface area contributed by atoms with Gasteiger partial charge in [-0.2, -0.15) is 0 Å². The third-order valence-electron chi connectivity index (χ3n) is 4.30. The maximum absolute atomic E-state index is 12.9. The average Bonchev–Trinajstić information content (AvgIpc) is 3.17. The number of rotatable bonds is 4. The Morgan fingerprint density at radius 2 is 1.78 bits per heavy atom. The molecule has 0 aliphatic carbocycles. The molecule has 2 amide bonds. The molecule has 2 aromatic carbocycles. The summed E-state index contributed by atoms with van der Waals surface area (Å²) in [6.45, 7) is 0.715. The summed E-state index contributed by atoms with van der Waals surface area (Å²) in [6, 6.07) is 18.8. The SMILES string of the molecule is O=C(Cc1ccccc1)Nc1ccc(C(=O)N2CCSc3ccsc32)cc1. The van der Waals surface area contributed by atoms with Crippen LogP contribution in [0.5, 0.6) is 0 Å². The molecule has 1 aliphatic heterocycles. The number of fused-ring (bicyclic) bond motifs is 1. The van der Waals surface area contributed by atoms with E-state index in [1.807, 2.05) is 40.6 Å². The van der Waals surface area contributed by atoms with Crippen molar-refractivity contribution in [3.05, 3.63) is 77.2 Å². The molecule has 1 N–H and O–H groups in total. The van der Waals surface area contributed by atoms with E-state index < -0.39 is 0 Å². The number of hydrogen-bond acceptors (Lipinski definition) is 4. The Balaban J connectivity index is 1.42. The molecule has 0 bridgehead atoms. The van der Waals surface area contributed by atoms with Crippen LogP contribution in [-0.2, 0) is 11.2 Å². The van der Waals surface area contributed by atoms with Crippen LogP contribution >= 0.6 is 23.1 Å². The molecule has 0 saturated carbocycles. The van der Waals surface area contributed by atoms with Gasteiger partial charge in [0.05, 0.1) is 6.42 Å². The van der Waals surface area contributed by atoms with Gasteiger partial charge in [-0.15, -0.1) is 23.1 Å². The fraction of sp³-hybridized carbons (Fsp3) is 0.143. The molecule has 0 unspecified atom stereocenters. The number of anilines is 2. The second-order valence-corrected chi connectivity index (χ2v) is 8.21. The van der Waals surface area contributed by atoms with Crippen molar-refractivity contribution in [1.29, 1.82) is 0 Å². The zero-order chi connectivity index (χ0) is 18.6. The highest BCUT2D eigenvalue weighted by molar-refractivity contribution is 7.99. The van der Waals surface area contributed by atoms with Crippen molar-refractivity contribution in [2.75, 3.05) is 22.5 Å². The van der Waals surface area contributed by atoms with E-state index >= 15 is 0 Å². The maximum Gasteiger partial charge on any atom is 0.258 e. The predicted molar refractivity (Wildman–Crippen MR) is 112 cm³/mol. The molecule has 2 heterocycles. The van der Waals surface area contributed by atoms with Gasteiger partial charge in [-0.05, 0) is 41.3 Å². The van der Waals surface area contributed by atoms with E-state index in [0.717, 1.165) is 16.3 Å². The van der Waals surface area contributed by atoms with E-state index in [1.165, 1.54) is 4.90 Å². The van der Waals surface area contributed by atoms with E-state index in [0.29, 0.717) is 24.2 Å². The number of thioether (sulfide) groups is 1. The van der Waals surface area contributed by atoms with Crippen molar-refractivity contribution in [2.24, 2.45) is 0 Å². The van der Waals surface area contributed by atoms with Crippen LogP contribution in [0.25, 0.3) is 0 Å². The lowest BCUT2D eigenvalue weighted by atomic mass is 10.1. The summed E-state index contributed by atoms with van der Waals surface area (Å²) in [5.74, 6) is 0.834. The summed E-state index contributed by atoms with van der Waals surface area (Å²) in [5, 5.41) is 5.93. The smallest absolute Gasteiger partial charge is 0.258 e. The minimum absolute atomic E-state index is 0.00108. The van der Waals surface area contributed by atoms with Crippen molar-refractivity contribution in [3.63, 3.8) is 0 Å². The third kappa shape index (κ3) is 4.07. The first kappa shape index (κ1) is 17.8. The molecule has 6 heteroatoms. The molecule has 0 fully saturated rings. The fourth-order valence-corrected chi connectivity index (χ4v) is 5.09. The third-order valence-corrected chi connectivity index (χ3v) is 6.39. The number of thiophene rings is 1. The molecule has 0 radical (unpaired) electrons. The Morgan fingerprint density at radius 1 is 1.00 bits per heavy atom. The van der Waals surface area contributed by atoms with E-state index in [-0.39, 0.29) is 11.8 Å². The normalized spacial score (nSPS) is 13.1. The molecular weight excluding hydrogens is 376 g/mol. The molecule has 4 rings (SSSR count). The van der Waals surface area contributed by atoms with Crippen molar-refractivity contribution >= 4 is 45.6 Å². The number of benzene rings is 2. The lowest BCUT2D eigenvalue weighted by molar-refractivity contribution is -0.115. The van der Waals surface area contributed by atoms with Gasteiger partial charge in [0.25, 0.3) is 5.91 Å². The highest BCUT2D eigenvalue weighted by Gasteiger charge is 2.25. The first-order valence-corrected chi connectivity index (χ1v) is 10.5. The minimum Gasteiger partial charge on any atom is -0.326 e. The standard InChI is InChI=1S/C21H18N2O2S2/c24-19(14-15-4-2-1-3-5-15)22-17-8-6-16(7-9-17)20(25)23-11-13-26-18-10-12-27-21(18)23/h1-10,12H,11,13-14H2,(H,22,24). The van der Waals surface area contributed by atoms with Crippen molar-refractivity contribution in [1.82, 2.24) is 0 Å². The number of hydrogen-bond donors (Lipinski definition) is 1. The fourth-order valence-electron chi connectivity index (χ4n) is 2.98. The van der Waals surface area contributed by atoms with Crippen LogP contribution in [0.3, 0.4) is 0 Å². The summed E-state index contributed by atoms with van der Waals surface area (Å²) in [6.07, 6.45) is 0.328. The molecule has 136 valence electrons. The number of nitrogens with one attached hydrogen (secondary N) is 1. The van der Waals surface area contributed by atoms with Gasteiger partial charge in [-0.25, -0.2) is 0 Å². The zero-order valence-electron chi connectivity index (χ0n) is 14.6. The lowest BCUT2D eigenvalue weighted by Gasteiger charge is -2.26. The highest BCUT2D eigenvalue weighted by atomic mass is 32.2. The van der Waals surface area contributed by atoms with Crippen LogP contribution < -0.4 is 10.2 Å². The van der Waals surface area contributed by atoms with Gasteiger partial charge in [0.2, 0.25) is 5.91 Å². The average molecular weight is 395 g/mol. The van der Waals surface area contributed by atoms with Crippen LogP contribution in [0.4, 0.5) is 10.7 Å². The Bertz CT molecular complexity index is 952. The van der Waals surface area contributed by atoms with Crippen LogP contribution in [0.15, 0.2) is 70.9 Å². The Kier molecular flexibility index (Phi) is 5.27. The molecule has 0 atom stereocenters. The van der Waals surface area contributed by atoms with E-state index in [2.05, 4.69) is 11.4 Å². The van der Waals surface area contributed by atoms with Crippen molar-refractivity contribution < 1.29 is 9.59 Å². The first-order valence-electron chi connectivity index (χ1n) is 8.67. The number of carbonyl (C=O) groups excluding carboxylic acids is 2. The topological polar surface area (TPSA) is 49.4 Å². The summed E-state index contributed by atoms with van der Waals surface area (Å²) in [5.41, 5.74) is 2.29. The minimum atomic E-state index is -0.0726. The van der Waals surface area contributed by atoms with E-state index in [1.54, 1.807) is 47.4 Å². The van der Waals surface area contributed by atoms with Gasteiger partial charge in [0, 0.05) is 28.4 Å². The van der Waals surface area contributed by atoms with E-state index in [9.17, 15) is 9.59 Å². The summed E-state index contributed by atoms with van der Waals surface area (Å²) >= 11 is 3.39. The Morgan fingerprint density at radius 3 is 2.56 bits per heavy atom. The van der Waals surface area contributed by atoms with Crippen molar-refractivity contribution in [3.8, 4) is 0 Å². The molecule has 0 saturated heterocycles. The molecule has 0 spiro atoms. The van der Waals surface area contributed by atoms with Crippen LogP contribution in [0.1, 0.15) is 15.9 Å². The second kappa shape index (κ2) is 7.98. The van der Waals surface area contributed by atoms with Gasteiger partial charge in [0.15, 0.2) is 0 Å². The summed E-state index contributed by atoms with van der Waals surface area (Å²) < 4.78 is 0. The number of nitrogens with zero attached hydrogens (tertiary/aromatic N) is 1. The molecular formula is C21H18N2O2S2. The maximum atomic E-state index is 12.9. The van der Waals surface area contributed by atoms with Gasteiger partial charge in [-0.1, -0.05) is 30.3 Å². The quantitative estimate of drug-likeness (QED) is 0.699. The Hall–Kier alpha value is -2.57.